The molecule has 0 saturated carbocycles. The summed E-state index contributed by atoms with van der Waals surface area (Å²) in [6.45, 7) is 0. The SMILES string of the molecule is CN(C)S(=O)(=O)c1cc(N)cc(-c2cnn(C)c2)c1. The predicted octanol–water partition coefficient (Wildman–Crippen LogP) is 0.920. The van der Waals surface area contributed by atoms with E-state index in [0.29, 0.717) is 5.69 Å². The average Bonchev–Trinajstić information content (AvgIpc) is 2.75. The highest BCUT2D eigenvalue weighted by molar-refractivity contribution is 7.89. The van der Waals surface area contributed by atoms with Crippen LogP contribution in [0, 0.1) is 0 Å². The number of hydrogen-bond donors (Lipinski definition) is 1. The molecule has 0 amide bonds. The normalized spacial score (nSPS) is 12.0. The quantitative estimate of drug-likeness (QED) is 0.848. The molecule has 0 saturated heterocycles. The summed E-state index contributed by atoms with van der Waals surface area (Å²) in [4.78, 5) is 0.177. The van der Waals surface area contributed by atoms with E-state index in [1.54, 1.807) is 36.3 Å². The Hall–Kier alpha value is -1.86. The van der Waals surface area contributed by atoms with E-state index in [1.165, 1.54) is 20.2 Å². The minimum absolute atomic E-state index is 0.177. The highest BCUT2D eigenvalue weighted by atomic mass is 32.2. The molecular weight excluding hydrogens is 264 g/mol. The molecule has 1 aromatic carbocycles. The van der Waals surface area contributed by atoms with Gasteiger partial charge in [-0.25, -0.2) is 12.7 Å². The molecule has 0 fully saturated rings. The lowest BCUT2D eigenvalue weighted by Gasteiger charge is -2.13. The first-order valence-electron chi connectivity index (χ1n) is 5.63. The smallest absolute Gasteiger partial charge is 0.242 e. The Morgan fingerprint density at radius 1 is 1.21 bits per heavy atom. The summed E-state index contributed by atoms with van der Waals surface area (Å²) in [5.41, 5.74) is 7.75. The molecule has 1 aromatic heterocycles. The van der Waals surface area contributed by atoms with Crippen LogP contribution in [0.5, 0.6) is 0 Å². The van der Waals surface area contributed by atoms with Crippen LogP contribution in [0.4, 0.5) is 5.69 Å². The first kappa shape index (κ1) is 13.6. The second kappa shape index (κ2) is 4.67. The maximum atomic E-state index is 12.1. The molecule has 6 nitrogen and oxygen atoms in total. The van der Waals surface area contributed by atoms with Crippen LogP contribution >= 0.6 is 0 Å². The number of anilines is 1. The van der Waals surface area contributed by atoms with Crippen molar-refractivity contribution in [1.82, 2.24) is 14.1 Å². The third-order valence-electron chi connectivity index (χ3n) is 2.75. The van der Waals surface area contributed by atoms with E-state index in [2.05, 4.69) is 5.10 Å². The number of aryl methyl sites for hydroxylation is 1. The predicted molar refractivity (Wildman–Crippen MR) is 73.9 cm³/mol. The summed E-state index contributed by atoms with van der Waals surface area (Å²) in [7, 11) is 1.28. The highest BCUT2D eigenvalue weighted by Crippen LogP contribution is 2.26. The van der Waals surface area contributed by atoms with Gasteiger partial charge in [0.05, 0.1) is 11.1 Å². The lowest BCUT2D eigenvalue weighted by molar-refractivity contribution is 0.521. The maximum absolute atomic E-state index is 12.1. The van der Waals surface area contributed by atoms with Gasteiger partial charge in [0.15, 0.2) is 0 Å². The van der Waals surface area contributed by atoms with E-state index < -0.39 is 10.0 Å². The van der Waals surface area contributed by atoms with Gasteiger partial charge < -0.3 is 5.73 Å². The van der Waals surface area contributed by atoms with Crippen molar-refractivity contribution >= 4 is 15.7 Å². The fraction of sp³-hybridized carbons (Fsp3) is 0.250. The number of hydrogen-bond acceptors (Lipinski definition) is 4. The van der Waals surface area contributed by atoms with E-state index >= 15 is 0 Å². The van der Waals surface area contributed by atoms with Crippen molar-refractivity contribution in [3.05, 3.63) is 30.6 Å². The molecule has 2 aromatic rings. The van der Waals surface area contributed by atoms with Crippen molar-refractivity contribution in [1.29, 1.82) is 0 Å². The molecule has 19 heavy (non-hydrogen) atoms. The molecule has 2 N–H and O–H groups in total. The molecule has 0 aliphatic heterocycles. The van der Waals surface area contributed by atoms with Gasteiger partial charge in [0.2, 0.25) is 10.0 Å². The van der Waals surface area contributed by atoms with Gasteiger partial charge in [-0.3, -0.25) is 4.68 Å². The van der Waals surface area contributed by atoms with E-state index in [0.717, 1.165) is 15.4 Å². The number of benzene rings is 1. The Bertz CT molecular complexity index is 704. The Morgan fingerprint density at radius 2 is 1.89 bits per heavy atom. The summed E-state index contributed by atoms with van der Waals surface area (Å²) in [6, 6.07) is 4.78. The molecule has 7 heteroatoms. The van der Waals surface area contributed by atoms with Crippen LogP contribution in [0.15, 0.2) is 35.5 Å². The fourth-order valence-corrected chi connectivity index (χ4v) is 2.70. The summed E-state index contributed by atoms with van der Waals surface area (Å²) in [6.07, 6.45) is 3.47. The fourth-order valence-electron chi connectivity index (χ4n) is 1.72. The zero-order valence-electron chi connectivity index (χ0n) is 11.0. The molecule has 0 bridgehead atoms. The Kier molecular flexibility index (Phi) is 3.34. The Balaban J connectivity index is 2.58. The van der Waals surface area contributed by atoms with Crippen molar-refractivity contribution in [2.45, 2.75) is 4.90 Å². The standard InChI is InChI=1S/C12H16N4O2S/c1-15(2)19(17,18)12-5-9(4-11(13)6-12)10-7-14-16(3)8-10/h4-8H,13H2,1-3H3. The Labute approximate surface area is 112 Å². The van der Waals surface area contributed by atoms with E-state index in [9.17, 15) is 8.42 Å². The van der Waals surface area contributed by atoms with Crippen LogP contribution in [0.3, 0.4) is 0 Å². The molecule has 1 heterocycles. The monoisotopic (exact) mass is 280 g/mol. The molecule has 0 radical (unpaired) electrons. The highest BCUT2D eigenvalue weighted by Gasteiger charge is 2.18. The van der Waals surface area contributed by atoms with Crippen LogP contribution < -0.4 is 5.73 Å². The number of nitrogen functional groups attached to an aromatic ring is 1. The first-order valence-corrected chi connectivity index (χ1v) is 7.07. The lowest BCUT2D eigenvalue weighted by Crippen LogP contribution is -2.22. The molecule has 0 aliphatic carbocycles. The lowest BCUT2D eigenvalue weighted by atomic mass is 10.1. The minimum Gasteiger partial charge on any atom is -0.399 e. The van der Waals surface area contributed by atoms with Crippen LogP contribution in [0.2, 0.25) is 0 Å². The van der Waals surface area contributed by atoms with Gasteiger partial charge in [0, 0.05) is 38.6 Å². The van der Waals surface area contributed by atoms with E-state index in [4.69, 9.17) is 5.73 Å². The van der Waals surface area contributed by atoms with Crippen LogP contribution in [-0.2, 0) is 17.1 Å². The van der Waals surface area contributed by atoms with Crippen molar-refractivity contribution in [3.8, 4) is 11.1 Å². The van der Waals surface area contributed by atoms with Crippen molar-refractivity contribution in [3.63, 3.8) is 0 Å². The van der Waals surface area contributed by atoms with Crippen LogP contribution in [0.25, 0.3) is 11.1 Å². The zero-order valence-corrected chi connectivity index (χ0v) is 11.8. The van der Waals surface area contributed by atoms with Crippen LogP contribution in [0.1, 0.15) is 0 Å². The van der Waals surface area contributed by atoms with Gasteiger partial charge in [-0.1, -0.05) is 0 Å². The molecule has 2 rings (SSSR count). The van der Waals surface area contributed by atoms with Crippen molar-refractivity contribution in [2.75, 3.05) is 19.8 Å². The summed E-state index contributed by atoms with van der Waals surface area (Å²) < 4.78 is 27.1. The van der Waals surface area contributed by atoms with Gasteiger partial charge in [-0.2, -0.15) is 5.10 Å². The molecule has 0 atom stereocenters. The summed E-state index contributed by atoms with van der Waals surface area (Å²) in [5.74, 6) is 0. The van der Waals surface area contributed by atoms with Gasteiger partial charge in [0.1, 0.15) is 0 Å². The summed E-state index contributed by atoms with van der Waals surface area (Å²) >= 11 is 0. The third-order valence-corrected chi connectivity index (χ3v) is 4.54. The van der Waals surface area contributed by atoms with Gasteiger partial charge in [-0.15, -0.1) is 0 Å². The summed E-state index contributed by atoms with van der Waals surface area (Å²) in [5, 5.41) is 4.07. The minimum atomic E-state index is -3.50. The number of rotatable bonds is 3. The maximum Gasteiger partial charge on any atom is 0.242 e. The molecule has 0 unspecified atom stereocenters. The largest absolute Gasteiger partial charge is 0.399 e. The topological polar surface area (TPSA) is 81.2 Å². The third kappa shape index (κ3) is 2.61. The van der Waals surface area contributed by atoms with Gasteiger partial charge >= 0.3 is 0 Å². The molecule has 102 valence electrons. The average molecular weight is 280 g/mol. The van der Waals surface area contributed by atoms with Crippen LogP contribution in [-0.4, -0.2) is 36.6 Å². The first-order chi connectivity index (χ1) is 8.80. The van der Waals surface area contributed by atoms with Gasteiger partial charge in [0.25, 0.3) is 0 Å². The second-order valence-electron chi connectivity index (χ2n) is 4.48. The number of sulfonamides is 1. The van der Waals surface area contributed by atoms with Crippen molar-refractivity contribution < 1.29 is 8.42 Å². The van der Waals surface area contributed by atoms with E-state index in [-0.39, 0.29) is 4.90 Å². The second-order valence-corrected chi connectivity index (χ2v) is 6.63. The molecule has 0 aliphatic rings. The molecular formula is C12H16N4O2S. The van der Waals surface area contributed by atoms with E-state index in [1.807, 2.05) is 0 Å². The number of nitrogens with two attached hydrogens (primary N) is 1. The molecule has 0 spiro atoms. The Morgan fingerprint density at radius 3 is 2.42 bits per heavy atom. The number of nitrogens with zero attached hydrogens (tertiary/aromatic N) is 3. The number of aromatic nitrogens is 2. The zero-order chi connectivity index (χ0) is 14.2. The van der Waals surface area contributed by atoms with Crippen molar-refractivity contribution in [2.24, 2.45) is 7.05 Å². The van der Waals surface area contributed by atoms with Gasteiger partial charge in [-0.05, 0) is 23.8 Å².